The van der Waals surface area contributed by atoms with E-state index in [1.54, 1.807) is 36.2 Å². The van der Waals surface area contributed by atoms with Crippen LogP contribution in [0.4, 0.5) is 11.4 Å². The van der Waals surface area contributed by atoms with Crippen molar-refractivity contribution in [3.05, 3.63) is 44.7 Å². The second-order valence-electron chi connectivity index (χ2n) is 7.15. The molecule has 1 atom stereocenters. The Hall–Kier alpha value is -2.94. The number of aromatic nitrogens is 1. The quantitative estimate of drug-likeness (QED) is 0.582. The summed E-state index contributed by atoms with van der Waals surface area (Å²) in [5.41, 5.74) is -0.0597. The highest BCUT2D eigenvalue weighted by Crippen LogP contribution is 2.34. The maximum absolute atomic E-state index is 12.6. The number of amides is 1. The molecule has 3 heterocycles. The van der Waals surface area contributed by atoms with Gasteiger partial charge in [-0.3, -0.25) is 19.7 Å². The molecule has 1 unspecified atom stereocenters. The number of nitrogens with zero attached hydrogens (tertiary/aromatic N) is 4. The van der Waals surface area contributed by atoms with Gasteiger partial charge >= 0.3 is 11.2 Å². The number of piperazine rings is 1. The van der Waals surface area contributed by atoms with Crippen LogP contribution < -0.4 is 10.5 Å². The van der Waals surface area contributed by atoms with Crippen molar-refractivity contribution in [2.75, 3.05) is 37.7 Å². The fourth-order valence-electron chi connectivity index (χ4n) is 4.07. The Bertz CT molecular complexity index is 988. The van der Waals surface area contributed by atoms with E-state index in [0.29, 0.717) is 49.4 Å². The fourth-order valence-corrected chi connectivity index (χ4v) is 4.07. The summed E-state index contributed by atoms with van der Waals surface area (Å²) in [5, 5.41) is 12.4. The van der Waals surface area contributed by atoms with Crippen LogP contribution >= 0.6 is 0 Å². The molecule has 2 aliphatic heterocycles. The molecule has 148 valence electrons. The van der Waals surface area contributed by atoms with E-state index in [2.05, 4.69) is 0 Å². The lowest BCUT2D eigenvalue weighted by Gasteiger charge is -2.37. The molecule has 2 saturated heterocycles. The van der Waals surface area contributed by atoms with E-state index in [1.807, 2.05) is 4.90 Å². The molecular weight excluding hydrogens is 364 g/mol. The van der Waals surface area contributed by atoms with E-state index >= 15 is 0 Å². The van der Waals surface area contributed by atoms with Gasteiger partial charge in [0.15, 0.2) is 0 Å². The van der Waals surface area contributed by atoms with E-state index in [1.165, 1.54) is 4.57 Å². The Morgan fingerprint density at radius 1 is 1.21 bits per heavy atom. The molecule has 1 aromatic carbocycles. The molecule has 0 aliphatic carbocycles. The number of ether oxygens (including phenoxy) is 1. The molecule has 0 N–H and O–H groups in total. The van der Waals surface area contributed by atoms with Crippen LogP contribution in [0.15, 0.2) is 29.1 Å². The zero-order valence-corrected chi connectivity index (χ0v) is 15.7. The first kappa shape index (κ1) is 18.4. The number of hydrogen-bond acceptors (Lipinski definition) is 6. The fraction of sp³-hybridized carbons (Fsp3) is 0.474. The van der Waals surface area contributed by atoms with Crippen LogP contribution in [-0.2, 0) is 16.6 Å². The van der Waals surface area contributed by atoms with Gasteiger partial charge < -0.3 is 19.1 Å². The van der Waals surface area contributed by atoms with Crippen molar-refractivity contribution >= 4 is 28.2 Å². The summed E-state index contributed by atoms with van der Waals surface area (Å²) in [7, 11) is 1.54. The van der Waals surface area contributed by atoms with Crippen LogP contribution in [0, 0.1) is 10.1 Å². The lowest BCUT2D eigenvalue weighted by molar-refractivity contribution is -0.385. The lowest BCUT2D eigenvalue weighted by atomic mass is 10.1. The van der Waals surface area contributed by atoms with Crippen molar-refractivity contribution in [2.24, 2.45) is 7.05 Å². The smallest absolute Gasteiger partial charge is 0.357 e. The molecule has 28 heavy (non-hydrogen) atoms. The highest BCUT2D eigenvalue weighted by atomic mass is 16.6. The number of carbonyl (C=O) groups is 1. The summed E-state index contributed by atoms with van der Waals surface area (Å²) < 4.78 is 6.79. The average molecular weight is 386 g/mol. The molecule has 2 aromatic rings. The second-order valence-corrected chi connectivity index (χ2v) is 7.15. The first-order valence-electron chi connectivity index (χ1n) is 9.40. The van der Waals surface area contributed by atoms with E-state index in [0.717, 1.165) is 12.8 Å². The molecule has 0 bridgehead atoms. The molecule has 9 heteroatoms. The van der Waals surface area contributed by atoms with Crippen LogP contribution in [0.5, 0.6) is 0 Å². The molecular formula is C19H22N4O5. The summed E-state index contributed by atoms with van der Waals surface area (Å²) in [6, 6.07) is 7.18. The first-order valence-corrected chi connectivity index (χ1v) is 9.40. The van der Waals surface area contributed by atoms with Gasteiger partial charge in [-0.2, -0.15) is 0 Å². The van der Waals surface area contributed by atoms with Crippen molar-refractivity contribution in [2.45, 2.75) is 18.9 Å². The number of anilines is 1. The third kappa shape index (κ3) is 3.01. The highest BCUT2D eigenvalue weighted by Gasteiger charge is 2.34. The molecule has 2 fully saturated rings. The molecule has 0 spiro atoms. The van der Waals surface area contributed by atoms with Crippen molar-refractivity contribution in [1.29, 1.82) is 0 Å². The number of benzene rings is 1. The van der Waals surface area contributed by atoms with Gasteiger partial charge in [0.1, 0.15) is 11.8 Å². The Morgan fingerprint density at radius 3 is 2.57 bits per heavy atom. The average Bonchev–Trinajstić information content (AvgIpc) is 3.25. The third-order valence-corrected chi connectivity index (χ3v) is 5.55. The Kier molecular flexibility index (Phi) is 4.76. The monoisotopic (exact) mass is 386 g/mol. The van der Waals surface area contributed by atoms with Crippen molar-refractivity contribution in [3.63, 3.8) is 0 Å². The van der Waals surface area contributed by atoms with Crippen LogP contribution in [-0.4, -0.2) is 59.2 Å². The number of pyridine rings is 1. The van der Waals surface area contributed by atoms with Gasteiger partial charge in [0, 0.05) is 45.2 Å². The summed E-state index contributed by atoms with van der Waals surface area (Å²) in [6.07, 6.45) is 1.26. The summed E-state index contributed by atoms with van der Waals surface area (Å²) >= 11 is 0. The standard InChI is InChI=1S/C19H22N4O5/c1-20-14-6-3-2-5-13(14)16(17(19(20)25)23(26)27)21-8-10-22(11-9-21)18(24)15-7-4-12-28-15/h2-3,5-6,15H,4,7-12H2,1H3. The molecule has 1 aromatic heterocycles. The molecule has 0 radical (unpaired) electrons. The first-order chi connectivity index (χ1) is 13.5. The predicted molar refractivity (Wildman–Crippen MR) is 104 cm³/mol. The Morgan fingerprint density at radius 2 is 1.93 bits per heavy atom. The number of nitro groups is 1. The number of para-hydroxylation sites is 1. The topological polar surface area (TPSA) is 97.9 Å². The van der Waals surface area contributed by atoms with Gasteiger partial charge in [-0.15, -0.1) is 0 Å². The van der Waals surface area contributed by atoms with Crippen LogP contribution in [0.2, 0.25) is 0 Å². The normalized spacial score (nSPS) is 20.0. The number of hydrogen-bond donors (Lipinski definition) is 0. The molecule has 1 amide bonds. The second kappa shape index (κ2) is 7.23. The number of rotatable bonds is 3. The Labute approximate surface area is 161 Å². The maximum Gasteiger partial charge on any atom is 0.357 e. The van der Waals surface area contributed by atoms with Crippen molar-refractivity contribution < 1.29 is 14.5 Å². The number of fused-ring (bicyclic) bond motifs is 1. The van der Waals surface area contributed by atoms with Gasteiger partial charge in [0.2, 0.25) is 0 Å². The van der Waals surface area contributed by atoms with Gasteiger partial charge in [0.05, 0.1) is 10.4 Å². The van der Waals surface area contributed by atoms with Crippen molar-refractivity contribution in [3.8, 4) is 0 Å². The molecule has 2 aliphatic rings. The van der Waals surface area contributed by atoms with E-state index in [4.69, 9.17) is 4.74 Å². The van der Waals surface area contributed by atoms with Crippen LogP contribution in [0.25, 0.3) is 10.9 Å². The van der Waals surface area contributed by atoms with E-state index in [-0.39, 0.29) is 12.0 Å². The Balaban J connectivity index is 1.67. The van der Waals surface area contributed by atoms with Gasteiger partial charge in [-0.05, 0) is 18.9 Å². The minimum Gasteiger partial charge on any atom is -0.368 e. The molecule has 4 rings (SSSR count). The summed E-state index contributed by atoms with van der Waals surface area (Å²) in [4.78, 5) is 39.9. The third-order valence-electron chi connectivity index (χ3n) is 5.55. The SMILES string of the molecule is Cn1c(=O)c([N+](=O)[O-])c(N2CCN(C(=O)C3CCCO3)CC2)c2ccccc21. The van der Waals surface area contributed by atoms with Crippen LogP contribution in [0.1, 0.15) is 12.8 Å². The minimum absolute atomic E-state index is 0.0134. The largest absolute Gasteiger partial charge is 0.368 e. The maximum atomic E-state index is 12.6. The zero-order chi connectivity index (χ0) is 19.8. The van der Waals surface area contributed by atoms with Crippen molar-refractivity contribution in [1.82, 2.24) is 9.47 Å². The van der Waals surface area contributed by atoms with E-state index in [9.17, 15) is 19.7 Å². The summed E-state index contributed by atoms with van der Waals surface area (Å²) in [6.45, 7) is 2.35. The summed E-state index contributed by atoms with van der Waals surface area (Å²) in [5.74, 6) is -0.0134. The molecule has 9 nitrogen and oxygen atoms in total. The highest BCUT2D eigenvalue weighted by molar-refractivity contribution is 5.96. The minimum atomic E-state index is -0.628. The van der Waals surface area contributed by atoms with E-state index < -0.39 is 16.2 Å². The van der Waals surface area contributed by atoms with Gasteiger partial charge in [-0.1, -0.05) is 18.2 Å². The lowest BCUT2D eigenvalue weighted by Crippen LogP contribution is -2.51. The van der Waals surface area contributed by atoms with Gasteiger partial charge in [-0.25, -0.2) is 0 Å². The van der Waals surface area contributed by atoms with Gasteiger partial charge in [0.25, 0.3) is 5.91 Å². The zero-order valence-electron chi connectivity index (χ0n) is 15.7. The van der Waals surface area contributed by atoms with Crippen LogP contribution in [0.3, 0.4) is 0 Å². The number of aryl methyl sites for hydroxylation is 1. The molecule has 0 saturated carbocycles. The number of carbonyl (C=O) groups excluding carboxylic acids is 1. The predicted octanol–water partition coefficient (Wildman–Crippen LogP) is 1.27.